The number of rotatable bonds is 3. The molecule has 0 unspecified atom stereocenters. The Hall–Kier alpha value is -3.20. The molecular weight excluding hydrogens is 366 g/mol. The molecule has 2 aromatic heterocycles. The lowest BCUT2D eigenvalue weighted by Gasteiger charge is -2.14. The molecular formula is C18H17N5O3S. The van der Waals surface area contributed by atoms with E-state index in [1.54, 1.807) is 43.1 Å². The molecule has 1 fully saturated rings. The fourth-order valence-electron chi connectivity index (χ4n) is 3.06. The van der Waals surface area contributed by atoms with Crippen LogP contribution in [0.15, 0.2) is 35.4 Å². The van der Waals surface area contributed by atoms with E-state index >= 15 is 0 Å². The molecule has 0 spiro atoms. The van der Waals surface area contributed by atoms with E-state index in [0.29, 0.717) is 39.4 Å². The number of hydrogen-bond acceptors (Lipinski definition) is 5. The third kappa shape index (κ3) is 2.95. The van der Waals surface area contributed by atoms with Crippen LogP contribution in [-0.4, -0.2) is 34.6 Å². The Balaban J connectivity index is 1.58. The predicted octanol–water partition coefficient (Wildman–Crippen LogP) is 2.09. The van der Waals surface area contributed by atoms with Gasteiger partial charge in [0.2, 0.25) is 0 Å². The zero-order valence-electron chi connectivity index (χ0n) is 14.8. The summed E-state index contributed by atoms with van der Waals surface area (Å²) in [5.74, 6) is -0.288. The van der Waals surface area contributed by atoms with Crippen LogP contribution >= 0.6 is 11.3 Å². The number of hydrogen-bond donors (Lipinski definition) is 2. The summed E-state index contributed by atoms with van der Waals surface area (Å²) < 4.78 is 1.40. The van der Waals surface area contributed by atoms with Gasteiger partial charge in [-0.15, -0.1) is 11.3 Å². The van der Waals surface area contributed by atoms with E-state index in [1.165, 1.54) is 22.2 Å². The second-order valence-corrected chi connectivity index (χ2v) is 7.28. The van der Waals surface area contributed by atoms with Crippen molar-refractivity contribution in [2.24, 2.45) is 7.05 Å². The summed E-state index contributed by atoms with van der Waals surface area (Å²) in [6, 6.07) is 6.95. The number of anilines is 2. The maximum atomic E-state index is 12.7. The first-order valence-electron chi connectivity index (χ1n) is 8.37. The van der Waals surface area contributed by atoms with Crippen LogP contribution in [0.25, 0.3) is 10.2 Å². The minimum absolute atomic E-state index is 0.123. The Morgan fingerprint density at radius 2 is 2.00 bits per heavy atom. The van der Waals surface area contributed by atoms with Gasteiger partial charge in [-0.2, -0.15) is 0 Å². The minimum atomic E-state index is -0.288. The Morgan fingerprint density at radius 1 is 1.26 bits per heavy atom. The van der Waals surface area contributed by atoms with E-state index in [9.17, 15) is 14.4 Å². The highest BCUT2D eigenvalue weighted by molar-refractivity contribution is 7.20. The van der Waals surface area contributed by atoms with Gasteiger partial charge in [0.15, 0.2) is 0 Å². The number of urea groups is 1. The smallest absolute Gasteiger partial charge is 0.321 e. The van der Waals surface area contributed by atoms with E-state index in [-0.39, 0.29) is 17.5 Å². The van der Waals surface area contributed by atoms with Gasteiger partial charge in [-0.3, -0.25) is 14.5 Å². The van der Waals surface area contributed by atoms with Gasteiger partial charge in [-0.25, -0.2) is 9.78 Å². The molecule has 8 nitrogen and oxygen atoms in total. The summed E-state index contributed by atoms with van der Waals surface area (Å²) in [6.07, 6.45) is 1.45. The number of nitrogens with zero attached hydrogens (tertiary/aromatic N) is 3. The lowest BCUT2D eigenvalue weighted by atomic mass is 10.2. The highest BCUT2D eigenvalue weighted by Gasteiger charge is 2.22. The molecule has 0 saturated carbocycles. The SMILES string of the molecule is Cc1c(C(=O)Nc2ccc(N3CCNC3=O)cc2)sc2ncn(C)c(=O)c12. The lowest BCUT2D eigenvalue weighted by molar-refractivity contribution is 0.103. The third-order valence-electron chi connectivity index (χ3n) is 4.51. The van der Waals surface area contributed by atoms with Gasteiger partial charge in [0.25, 0.3) is 11.5 Å². The van der Waals surface area contributed by atoms with Crippen LogP contribution in [0.4, 0.5) is 16.2 Å². The number of thiophene rings is 1. The van der Waals surface area contributed by atoms with E-state index in [0.717, 1.165) is 5.69 Å². The average Bonchev–Trinajstić information content (AvgIpc) is 3.23. The second-order valence-electron chi connectivity index (χ2n) is 6.28. The van der Waals surface area contributed by atoms with Crippen molar-refractivity contribution in [1.29, 1.82) is 0 Å². The molecule has 1 saturated heterocycles. The minimum Gasteiger partial charge on any atom is -0.336 e. The van der Waals surface area contributed by atoms with Crippen LogP contribution in [0.3, 0.4) is 0 Å². The summed E-state index contributed by atoms with van der Waals surface area (Å²) in [7, 11) is 1.63. The van der Waals surface area contributed by atoms with Gasteiger partial charge < -0.3 is 15.2 Å². The van der Waals surface area contributed by atoms with Crippen molar-refractivity contribution in [3.05, 3.63) is 51.4 Å². The molecule has 4 rings (SSSR count). The normalized spacial score (nSPS) is 13.9. The summed E-state index contributed by atoms with van der Waals surface area (Å²) in [4.78, 5) is 43.6. The highest BCUT2D eigenvalue weighted by atomic mass is 32.1. The molecule has 1 aliphatic rings. The van der Waals surface area contributed by atoms with Crippen molar-refractivity contribution >= 4 is 44.9 Å². The number of carbonyl (C=O) groups excluding carboxylic acids is 2. The largest absolute Gasteiger partial charge is 0.336 e. The van der Waals surface area contributed by atoms with Crippen molar-refractivity contribution in [1.82, 2.24) is 14.9 Å². The lowest BCUT2D eigenvalue weighted by Crippen LogP contribution is -2.27. The third-order valence-corrected chi connectivity index (χ3v) is 5.71. The van der Waals surface area contributed by atoms with Gasteiger partial charge in [0, 0.05) is 31.5 Å². The quantitative estimate of drug-likeness (QED) is 0.724. The molecule has 9 heteroatoms. The molecule has 0 bridgehead atoms. The zero-order chi connectivity index (χ0) is 19.1. The van der Waals surface area contributed by atoms with Gasteiger partial charge in [-0.1, -0.05) is 0 Å². The average molecular weight is 383 g/mol. The Kier molecular flexibility index (Phi) is 4.15. The van der Waals surface area contributed by atoms with Crippen molar-refractivity contribution < 1.29 is 9.59 Å². The monoisotopic (exact) mass is 383 g/mol. The first-order valence-corrected chi connectivity index (χ1v) is 9.19. The summed E-state index contributed by atoms with van der Waals surface area (Å²) in [5, 5.41) is 6.07. The molecule has 0 radical (unpaired) electrons. The van der Waals surface area contributed by atoms with Crippen LogP contribution in [0.2, 0.25) is 0 Å². The Bertz CT molecular complexity index is 1120. The van der Waals surface area contributed by atoms with E-state index < -0.39 is 0 Å². The molecule has 2 N–H and O–H groups in total. The summed E-state index contributed by atoms with van der Waals surface area (Å²) in [6.45, 7) is 3.00. The number of nitrogens with one attached hydrogen (secondary N) is 2. The Labute approximate surface area is 158 Å². The first kappa shape index (κ1) is 17.2. The van der Waals surface area contributed by atoms with Gasteiger partial charge in [0.05, 0.1) is 16.6 Å². The van der Waals surface area contributed by atoms with Gasteiger partial charge in [0.1, 0.15) is 4.83 Å². The van der Waals surface area contributed by atoms with Crippen LogP contribution < -0.4 is 21.1 Å². The zero-order valence-corrected chi connectivity index (χ0v) is 15.6. The van der Waals surface area contributed by atoms with Crippen LogP contribution in [0.5, 0.6) is 0 Å². The topological polar surface area (TPSA) is 96.3 Å². The molecule has 3 amide bonds. The fraction of sp³-hybridized carbons (Fsp3) is 0.222. The van der Waals surface area contributed by atoms with E-state index in [1.807, 2.05) is 0 Å². The number of fused-ring (bicyclic) bond motifs is 1. The molecule has 3 aromatic rings. The number of benzene rings is 1. The summed E-state index contributed by atoms with van der Waals surface area (Å²) in [5.41, 5.74) is 1.85. The predicted molar refractivity (Wildman–Crippen MR) is 105 cm³/mol. The number of aryl methyl sites for hydroxylation is 2. The van der Waals surface area contributed by atoms with Crippen molar-refractivity contribution in [3.63, 3.8) is 0 Å². The first-order chi connectivity index (χ1) is 13.0. The molecule has 138 valence electrons. The van der Waals surface area contributed by atoms with Crippen LogP contribution in [0, 0.1) is 6.92 Å². The summed E-state index contributed by atoms with van der Waals surface area (Å²) >= 11 is 1.20. The molecule has 0 aliphatic carbocycles. The molecule has 1 aromatic carbocycles. The second kappa shape index (κ2) is 6.51. The van der Waals surface area contributed by atoms with Gasteiger partial charge >= 0.3 is 6.03 Å². The van der Waals surface area contributed by atoms with Crippen LogP contribution in [0.1, 0.15) is 15.2 Å². The van der Waals surface area contributed by atoms with Crippen molar-refractivity contribution in [2.75, 3.05) is 23.3 Å². The Morgan fingerprint density at radius 3 is 2.67 bits per heavy atom. The molecule has 27 heavy (non-hydrogen) atoms. The van der Waals surface area contributed by atoms with Crippen molar-refractivity contribution in [2.45, 2.75) is 6.92 Å². The number of aromatic nitrogens is 2. The van der Waals surface area contributed by atoms with Crippen molar-refractivity contribution in [3.8, 4) is 0 Å². The maximum absolute atomic E-state index is 12.7. The maximum Gasteiger partial charge on any atom is 0.321 e. The number of carbonyl (C=O) groups is 2. The standard InChI is InChI=1S/C18H17N5O3S/c1-10-13-16(20-9-22(2)17(13)25)27-14(10)15(24)21-11-3-5-12(6-4-11)23-8-7-19-18(23)26/h3-6,9H,7-8H2,1-2H3,(H,19,26)(H,21,24). The molecule has 0 atom stereocenters. The van der Waals surface area contributed by atoms with Gasteiger partial charge in [-0.05, 0) is 36.8 Å². The fourth-order valence-corrected chi connectivity index (χ4v) is 4.09. The highest BCUT2D eigenvalue weighted by Crippen LogP contribution is 2.28. The van der Waals surface area contributed by atoms with Crippen LogP contribution in [-0.2, 0) is 7.05 Å². The molecule has 3 heterocycles. The van der Waals surface area contributed by atoms with E-state index in [2.05, 4.69) is 15.6 Å². The number of amides is 3. The van der Waals surface area contributed by atoms with E-state index in [4.69, 9.17) is 0 Å². The molecule has 1 aliphatic heterocycles.